The van der Waals surface area contributed by atoms with E-state index in [1.807, 2.05) is 0 Å². The van der Waals surface area contributed by atoms with Crippen molar-refractivity contribution in [3.63, 3.8) is 0 Å². The second-order valence-corrected chi connectivity index (χ2v) is 18.1. The molecular formula is C60H45BN4. The van der Waals surface area contributed by atoms with Gasteiger partial charge in [-0.25, -0.2) is 0 Å². The lowest BCUT2D eigenvalue weighted by atomic mass is 9.33. The fourth-order valence-electron chi connectivity index (χ4n) is 11.8. The zero-order chi connectivity index (χ0) is 42.6. The van der Waals surface area contributed by atoms with E-state index in [2.05, 4.69) is 219 Å². The van der Waals surface area contributed by atoms with Gasteiger partial charge in [0, 0.05) is 67.2 Å². The lowest BCUT2D eigenvalue weighted by Crippen LogP contribution is -2.61. The van der Waals surface area contributed by atoms with Gasteiger partial charge in [-0.3, -0.25) is 0 Å². The molecule has 65 heavy (non-hydrogen) atoms. The number of anilines is 5. The van der Waals surface area contributed by atoms with E-state index in [9.17, 15) is 0 Å². The van der Waals surface area contributed by atoms with Gasteiger partial charge in [-0.1, -0.05) is 134 Å². The Morgan fingerprint density at radius 1 is 0.415 bits per heavy atom. The Labute approximate surface area is 379 Å². The molecule has 308 valence electrons. The number of para-hydroxylation sites is 4. The van der Waals surface area contributed by atoms with Gasteiger partial charge in [-0.15, -0.1) is 0 Å². The van der Waals surface area contributed by atoms with Crippen molar-refractivity contribution in [3.05, 3.63) is 217 Å². The molecule has 0 saturated carbocycles. The van der Waals surface area contributed by atoms with Crippen LogP contribution in [0.2, 0.25) is 0 Å². The van der Waals surface area contributed by atoms with Gasteiger partial charge in [0.15, 0.2) is 0 Å². The van der Waals surface area contributed by atoms with Gasteiger partial charge in [0.2, 0.25) is 0 Å². The molecule has 14 rings (SSSR count). The summed E-state index contributed by atoms with van der Waals surface area (Å²) in [5.41, 5.74) is 22.6. The van der Waals surface area contributed by atoms with E-state index in [1.165, 1.54) is 106 Å². The van der Waals surface area contributed by atoms with Crippen LogP contribution in [0, 0.1) is 0 Å². The van der Waals surface area contributed by atoms with E-state index in [1.54, 1.807) is 0 Å². The van der Waals surface area contributed by atoms with Crippen molar-refractivity contribution in [1.82, 2.24) is 9.13 Å². The molecule has 9 aromatic rings. The number of aromatic nitrogens is 2. The molecule has 4 nitrogen and oxygen atoms in total. The molecule has 0 atom stereocenters. The smallest absolute Gasteiger partial charge is 0.252 e. The molecule has 0 amide bonds. The van der Waals surface area contributed by atoms with Crippen LogP contribution in [0.4, 0.5) is 28.4 Å². The summed E-state index contributed by atoms with van der Waals surface area (Å²) in [6.07, 6.45) is 25.2. The lowest BCUT2D eigenvalue weighted by molar-refractivity contribution is 0.888. The molecule has 2 aliphatic heterocycles. The van der Waals surface area contributed by atoms with Crippen LogP contribution in [-0.2, 0) is 6.42 Å². The standard InChI is InChI=1S/C60H45BN4/c1-4-18-40(19-5-1)41-32-34-50-56(36-41)62(42-20-6-2-7-21-42)58-38-45(65-54-30-16-12-26-48(54)49-27-13-17-31-55(49)65)39-59-60(58)61(50)51-35-33-44(37-57(51)63(59)43-22-8-3-9-23-43)64-52-28-14-10-24-46(52)47-25-11-15-29-53(47)64/h3-4,6,8-14,16-28,30-39H,1-2,5,7,15,29H2. The summed E-state index contributed by atoms with van der Waals surface area (Å²) >= 11 is 0. The second kappa shape index (κ2) is 14.4. The van der Waals surface area contributed by atoms with Crippen molar-refractivity contribution in [2.45, 2.75) is 38.5 Å². The third-order valence-corrected chi connectivity index (χ3v) is 14.6. The number of fused-ring (bicyclic) bond motifs is 10. The molecule has 0 N–H and O–H groups in total. The van der Waals surface area contributed by atoms with Crippen LogP contribution in [0.1, 0.15) is 48.9 Å². The Morgan fingerprint density at radius 3 is 1.75 bits per heavy atom. The third kappa shape index (κ3) is 5.45. The van der Waals surface area contributed by atoms with Gasteiger partial charge in [0.1, 0.15) is 0 Å². The van der Waals surface area contributed by atoms with Crippen molar-refractivity contribution in [1.29, 1.82) is 0 Å². The molecule has 0 bridgehead atoms. The molecule has 0 saturated heterocycles. The molecule has 4 heterocycles. The highest BCUT2D eigenvalue weighted by Gasteiger charge is 2.44. The molecule has 3 aliphatic carbocycles. The molecular weight excluding hydrogens is 787 g/mol. The second-order valence-electron chi connectivity index (χ2n) is 18.1. The minimum absolute atomic E-state index is 0.00110. The molecule has 7 aromatic carbocycles. The number of nitrogens with zero attached hydrogens (tertiary/aromatic N) is 4. The summed E-state index contributed by atoms with van der Waals surface area (Å²) < 4.78 is 5.05. The number of benzene rings is 7. The predicted molar refractivity (Wildman–Crippen MR) is 276 cm³/mol. The van der Waals surface area contributed by atoms with Crippen LogP contribution in [0.25, 0.3) is 55.7 Å². The largest absolute Gasteiger partial charge is 0.313 e. The van der Waals surface area contributed by atoms with Crippen LogP contribution >= 0.6 is 0 Å². The highest BCUT2D eigenvalue weighted by molar-refractivity contribution is 7.00. The predicted octanol–water partition coefficient (Wildman–Crippen LogP) is 13.4. The van der Waals surface area contributed by atoms with E-state index in [-0.39, 0.29) is 6.71 Å². The van der Waals surface area contributed by atoms with Gasteiger partial charge >= 0.3 is 0 Å². The van der Waals surface area contributed by atoms with Gasteiger partial charge in [-0.2, -0.15) is 0 Å². The molecule has 0 radical (unpaired) electrons. The molecule has 5 aliphatic rings. The normalized spacial score (nSPS) is 15.8. The minimum atomic E-state index is -0.00110. The monoisotopic (exact) mass is 832 g/mol. The third-order valence-electron chi connectivity index (χ3n) is 14.6. The Morgan fingerprint density at radius 2 is 1.03 bits per heavy atom. The van der Waals surface area contributed by atoms with Crippen LogP contribution in [0.3, 0.4) is 0 Å². The zero-order valence-corrected chi connectivity index (χ0v) is 36.2. The van der Waals surface area contributed by atoms with E-state index >= 15 is 0 Å². The van der Waals surface area contributed by atoms with Gasteiger partial charge in [0.25, 0.3) is 6.71 Å². The molecule has 5 heteroatoms. The summed E-state index contributed by atoms with van der Waals surface area (Å²) in [6.45, 7) is -0.00110. The van der Waals surface area contributed by atoms with Crippen LogP contribution < -0.4 is 26.2 Å². The van der Waals surface area contributed by atoms with Gasteiger partial charge in [-0.05, 0) is 133 Å². The molecule has 2 aromatic heterocycles. The molecule has 0 spiro atoms. The van der Waals surface area contributed by atoms with E-state index in [0.717, 1.165) is 49.9 Å². The first-order valence-electron chi connectivity index (χ1n) is 23.4. The Kier molecular flexibility index (Phi) is 8.12. The maximum absolute atomic E-state index is 2.60. The van der Waals surface area contributed by atoms with E-state index in [4.69, 9.17) is 0 Å². The summed E-state index contributed by atoms with van der Waals surface area (Å²) in [4.78, 5) is 5.17. The maximum Gasteiger partial charge on any atom is 0.252 e. The summed E-state index contributed by atoms with van der Waals surface area (Å²) in [7, 11) is 0. The van der Waals surface area contributed by atoms with Crippen molar-refractivity contribution in [3.8, 4) is 11.4 Å². The van der Waals surface area contributed by atoms with Gasteiger partial charge < -0.3 is 18.9 Å². The highest BCUT2D eigenvalue weighted by atomic mass is 15.2. The average molecular weight is 833 g/mol. The summed E-state index contributed by atoms with van der Waals surface area (Å²) in [5, 5.41) is 3.84. The average Bonchev–Trinajstić information content (AvgIpc) is 3.90. The van der Waals surface area contributed by atoms with Crippen molar-refractivity contribution in [2.75, 3.05) is 9.80 Å². The first-order chi connectivity index (χ1) is 32.3. The van der Waals surface area contributed by atoms with Crippen molar-refractivity contribution < 1.29 is 0 Å². The SMILES string of the molecule is C1=CC(c2ccc3c(c2)N(C2=CCCC=C2)c2cc(-n4c5ccccc5c5ccccc54)cc4c2B3c2ccc(-n3c5c(c6ccccc63)C=CCC5)cc2N4c2ccccc2)=CCC1. The van der Waals surface area contributed by atoms with E-state index in [0.29, 0.717) is 0 Å². The topological polar surface area (TPSA) is 16.3 Å². The first-order valence-corrected chi connectivity index (χ1v) is 23.4. The molecule has 0 unspecified atom stereocenters. The van der Waals surface area contributed by atoms with Crippen LogP contribution in [0.5, 0.6) is 0 Å². The number of allylic oxidation sites excluding steroid dienone is 8. The summed E-state index contributed by atoms with van der Waals surface area (Å²) in [5.74, 6) is 0. The first kappa shape index (κ1) is 36.7. The van der Waals surface area contributed by atoms with Gasteiger partial charge in [0.05, 0.1) is 22.2 Å². The Bertz CT molecular complexity index is 3580. The zero-order valence-electron chi connectivity index (χ0n) is 36.2. The maximum atomic E-state index is 2.60. The Balaban J connectivity index is 1.11. The number of rotatable bonds is 5. The number of hydrogen-bond donors (Lipinski definition) is 0. The van der Waals surface area contributed by atoms with Crippen LogP contribution in [0.15, 0.2) is 200 Å². The highest BCUT2D eigenvalue weighted by Crippen LogP contribution is 2.47. The fraction of sp³-hybridized carbons (Fsp3) is 0.100. The van der Waals surface area contributed by atoms with E-state index < -0.39 is 0 Å². The lowest BCUT2D eigenvalue weighted by Gasteiger charge is -2.45. The van der Waals surface area contributed by atoms with Crippen LogP contribution in [-0.4, -0.2) is 15.8 Å². The minimum Gasteiger partial charge on any atom is -0.313 e. The molecule has 0 fully saturated rings. The van der Waals surface area contributed by atoms with Crippen molar-refractivity contribution in [2.24, 2.45) is 0 Å². The quantitative estimate of drug-likeness (QED) is 0.161. The summed E-state index contributed by atoms with van der Waals surface area (Å²) in [6, 6.07) is 57.5. The Hall–Kier alpha value is -7.76. The number of hydrogen-bond acceptors (Lipinski definition) is 2. The van der Waals surface area contributed by atoms with Crippen molar-refractivity contribution >= 4 is 95.9 Å². The fourth-order valence-corrected chi connectivity index (χ4v) is 11.8.